The van der Waals surface area contributed by atoms with Crippen LogP contribution in [0.1, 0.15) is 47.6 Å². The maximum absolute atomic E-state index is 5.79. The smallest absolute Gasteiger partial charge is 0.175 e. The molecule has 1 aliphatic heterocycles. The number of rotatable bonds is 8. The van der Waals surface area contributed by atoms with Gasteiger partial charge in [-0.1, -0.05) is 54.6 Å². The number of benzene rings is 3. The van der Waals surface area contributed by atoms with Gasteiger partial charge in [0.15, 0.2) is 11.5 Å². The van der Waals surface area contributed by atoms with Crippen LogP contribution in [0, 0.1) is 12.8 Å². The van der Waals surface area contributed by atoms with Crippen LogP contribution in [-0.2, 0) is 0 Å². The third-order valence-electron chi connectivity index (χ3n) is 6.81. The van der Waals surface area contributed by atoms with E-state index in [-0.39, 0.29) is 6.04 Å². The molecule has 1 N–H and O–H groups in total. The lowest BCUT2D eigenvalue weighted by Gasteiger charge is -2.37. The van der Waals surface area contributed by atoms with E-state index in [0.717, 1.165) is 22.1 Å². The molecule has 3 atom stereocenters. The quantitative estimate of drug-likeness (QED) is 0.230. The number of halogens is 1. The summed E-state index contributed by atoms with van der Waals surface area (Å²) >= 11 is 3.60. The molecule has 0 amide bonds. The SMILES string of the molecule is C=CCOc1c(Br)cc(C=Nc2ccc([C@@H]3Nc4ccc(C)cc4[C@@H]4C=CC[C@H]43)cc2)cc1OCC. The number of aryl methyl sites for hydroxylation is 1. The first kappa shape index (κ1) is 24.4. The normalized spacial score (nSPS) is 20.0. The van der Waals surface area contributed by atoms with E-state index in [2.05, 4.69) is 89.4 Å². The molecule has 3 aromatic rings. The Morgan fingerprint density at radius 3 is 2.72 bits per heavy atom. The molecule has 0 saturated heterocycles. The fourth-order valence-corrected chi connectivity index (χ4v) is 5.74. The van der Waals surface area contributed by atoms with Gasteiger partial charge in [-0.05, 0) is 89.1 Å². The van der Waals surface area contributed by atoms with Crippen molar-refractivity contribution in [3.8, 4) is 11.5 Å². The summed E-state index contributed by atoms with van der Waals surface area (Å²) in [7, 11) is 0. The van der Waals surface area contributed by atoms with Crippen molar-refractivity contribution in [2.24, 2.45) is 10.9 Å². The summed E-state index contributed by atoms with van der Waals surface area (Å²) < 4.78 is 12.4. The van der Waals surface area contributed by atoms with Crippen LogP contribution >= 0.6 is 15.9 Å². The fourth-order valence-electron chi connectivity index (χ4n) is 5.17. The number of aliphatic imine (C=N–C) groups is 1. The molecule has 0 unspecified atom stereocenters. The molecule has 0 aromatic heterocycles. The summed E-state index contributed by atoms with van der Waals surface area (Å²) in [6, 6.07) is 19.5. The Balaban J connectivity index is 1.35. The van der Waals surface area contributed by atoms with Gasteiger partial charge < -0.3 is 14.8 Å². The molecule has 5 rings (SSSR count). The van der Waals surface area contributed by atoms with E-state index in [1.54, 1.807) is 6.08 Å². The van der Waals surface area contributed by atoms with Crippen LogP contribution in [0.5, 0.6) is 11.5 Å². The molecule has 0 radical (unpaired) electrons. The van der Waals surface area contributed by atoms with Crippen LogP contribution < -0.4 is 14.8 Å². The predicted octanol–water partition coefficient (Wildman–Crippen LogP) is 8.30. The highest BCUT2D eigenvalue weighted by Crippen LogP contribution is 2.50. The van der Waals surface area contributed by atoms with Gasteiger partial charge >= 0.3 is 0 Å². The molecule has 0 spiro atoms. The second-order valence-corrected chi connectivity index (χ2v) is 10.1. The monoisotopic (exact) mass is 542 g/mol. The average molecular weight is 544 g/mol. The lowest BCUT2D eigenvalue weighted by Crippen LogP contribution is -2.29. The van der Waals surface area contributed by atoms with Crippen molar-refractivity contribution in [2.75, 3.05) is 18.5 Å². The van der Waals surface area contributed by atoms with Gasteiger partial charge in [-0.15, -0.1) is 0 Å². The van der Waals surface area contributed by atoms with E-state index >= 15 is 0 Å². The maximum Gasteiger partial charge on any atom is 0.175 e. The second kappa shape index (κ2) is 10.8. The summed E-state index contributed by atoms with van der Waals surface area (Å²) in [6.45, 7) is 8.81. The number of nitrogens with one attached hydrogen (secondary N) is 1. The van der Waals surface area contributed by atoms with Crippen LogP contribution in [0.3, 0.4) is 0 Å². The van der Waals surface area contributed by atoms with Crippen molar-refractivity contribution < 1.29 is 9.47 Å². The molecule has 2 aliphatic rings. The number of hydrogen-bond acceptors (Lipinski definition) is 4. The zero-order chi connectivity index (χ0) is 25.1. The first-order valence-electron chi connectivity index (χ1n) is 12.4. The Morgan fingerprint density at radius 2 is 1.94 bits per heavy atom. The minimum atomic E-state index is 0.283. The van der Waals surface area contributed by atoms with Gasteiger partial charge in [-0.2, -0.15) is 0 Å². The van der Waals surface area contributed by atoms with Gasteiger partial charge in [0.05, 0.1) is 22.8 Å². The number of ether oxygens (including phenoxy) is 2. The van der Waals surface area contributed by atoms with Gasteiger partial charge in [0.2, 0.25) is 0 Å². The van der Waals surface area contributed by atoms with Gasteiger partial charge in [-0.25, -0.2) is 0 Å². The van der Waals surface area contributed by atoms with Crippen molar-refractivity contribution in [2.45, 2.75) is 32.2 Å². The number of allylic oxidation sites excluding steroid dienone is 2. The van der Waals surface area contributed by atoms with Crippen LogP contribution in [-0.4, -0.2) is 19.4 Å². The fraction of sp³-hybridized carbons (Fsp3) is 0.258. The summed E-state index contributed by atoms with van der Waals surface area (Å²) in [6.07, 6.45) is 9.39. The molecule has 36 heavy (non-hydrogen) atoms. The van der Waals surface area contributed by atoms with Crippen molar-refractivity contribution in [1.82, 2.24) is 0 Å². The van der Waals surface area contributed by atoms with E-state index in [0.29, 0.717) is 36.5 Å². The predicted molar refractivity (Wildman–Crippen MR) is 152 cm³/mol. The third kappa shape index (κ3) is 4.98. The lowest BCUT2D eigenvalue weighted by atomic mass is 9.76. The van der Waals surface area contributed by atoms with Crippen molar-refractivity contribution >= 4 is 33.5 Å². The maximum atomic E-state index is 5.79. The van der Waals surface area contributed by atoms with Crippen molar-refractivity contribution in [3.05, 3.63) is 106 Å². The lowest BCUT2D eigenvalue weighted by molar-refractivity contribution is 0.295. The molecule has 4 nitrogen and oxygen atoms in total. The van der Waals surface area contributed by atoms with E-state index in [4.69, 9.17) is 14.5 Å². The van der Waals surface area contributed by atoms with Crippen LogP contribution in [0.4, 0.5) is 11.4 Å². The minimum absolute atomic E-state index is 0.283. The number of fused-ring (bicyclic) bond motifs is 3. The minimum Gasteiger partial charge on any atom is -0.490 e. The Kier molecular flexibility index (Phi) is 7.28. The summed E-state index contributed by atoms with van der Waals surface area (Å²) in [5.41, 5.74) is 7.12. The molecule has 0 fully saturated rings. The molecule has 0 saturated carbocycles. The zero-order valence-electron chi connectivity index (χ0n) is 20.7. The largest absolute Gasteiger partial charge is 0.490 e. The van der Waals surface area contributed by atoms with Crippen LogP contribution in [0.15, 0.2) is 88.9 Å². The van der Waals surface area contributed by atoms with Gasteiger partial charge in [-0.3, -0.25) is 4.99 Å². The van der Waals surface area contributed by atoms with E-state index < -0.39 is 0 Å². The molecule has 1 aliphatic carbocycles. The highest BCUT2D eigenvalue weighted by molar-refractivity contribution is 9.10. The second-order valence-electron chi connectivity index (χ2n) is 9.28. The van der Waals surface area contributed by atoms with Crippen LogP contribution in [0.25, 0.3) is 0 Å². The van der Waals surface area contributed by atoms with Crippen LogP contribution in [0.2, 0.25) is 0 Å². The standard InChI is InChI=1S/C31H31BrN2O2/c1-4-15-36-31-27(32)17-21(18-29(31)35-5-2)19-33-23-12-10-22(11-13-23)30-25-8-6-7-24(25)26-16-20(3)9-14-28(26)34-30/h4,6-7,9-14,16-19,24-25,30,34H,1,5,8,15H2,2-3H3/t24-,25-,30+/m1/s1. The summed E-state index contributed by atoms with van der Waals surface area (Å²) in [5.74, 6) is 2.36. The molecule has 1 heterocycles. The van der Waals surface area contributed by atoms with Gasteiger partial charge in [0.1, 0.15) is 6.61 Å². The van der Waals surface area contributed by atoms with Crippen molar-refractivity contribution in [1.29, 1.82) is 0 Å². The molecule has 184 valence electrons. The first-order valence-corrected chi connectivity index (χ1v) is 13.2. The van der Waals surface area contributed by atoms with E-state index in [1.165, 1.54) is 22.4 Å². The van der Waals surface area contributed by atoms with Gasteiger partial charge in [0.25, 0.3) is 0 Å². The zero-order valence-corrected chi connectivity index (χ0v) is 22.3. The van der Waals surface area contributed by atoms with Gasteiger partial charge in [0, 0.05) is 17.8 Å². The molecular weight excluding hydrogens is 512 g/mol. The number of hydrogen-bond donors (Lipinski definition) is 1. The highest BCUT2D eigenvalue weighted by Gasteiger charge is 2.37. The Hall–Kier alpha value is -3.31. The Morgan fingerprint density at radius 1 is 1.11 bits per heavy atom. The van der Waals surface area contributed by atoms with Crippen molar-refractivity contribution in [3.63, 3.8) is 0 Å². The Bertz CT molecular complexity index is 1310. The first-order chi connectivity index (χ1) is 17.6. The number of anilines is 1. The summed E-state index contributed by atoms with van der Waals surface area (Å²) in [5, 5.41) is 3.82. The summed E-state index contributed by atoms with van der Waals surface area (Å²) in [4.78, 5) is 4.72. The highest BCUT2D eigenvalue weighted by atomic mass is 79.9. The molecular formula is C31H31BrN2O2. The number of nitrogens with zero attached hydrogens (tertiary/aromatic N) is 1. The average Bonchev–Trinajstić information content (AvgIpc) is 3.38. The topological polar surface area (TPSA) is 42.8 Å². The molecule has 3 aromatic carbocycles. The Labute approximate surface area is 221 Å². The molecule has 5 heteroatoms. The van der Waals surface area contributed by atoms with E-state index in [1.807, 2.05) is 25.3 Å². The molecule has 0 bridgehead atoms. The third-order valence-corrected chi connectivity index (χ3v) is 7.40. The van der Waals surface area contributed by atoms with E-state index in [9.17, 15) is 0 Å².